The Balaban J connectivity index is 1.69. The van der Waals surface area contributed by atoms with Gasteiger partial charge in [-0.2, -0.15) is 0 Å². The Kier molecular flexibility index (Phi) is 5.84. The summed E-state index contributed by atoms with van der Waals surface area (Å²) in [6.45, 7) is 1.44. The molecule has 1 saturated heterocycles. The molecule has 2 heterocycles. The van der Waals surface area contributed by atoms with Gasteiger partial charge in [-0.1, -0.05) is 18.2 Å². The molecular weight excluding hydrogens is 330 g/mol. The van der Waals surface area contributed by atoms with E-state index in [9.17, 15) is 9.59 Å². The number of carbonyl (C=O) groups is 2. The van der Waals surface area contributed by atoms with Gasteiger partial charge in [-0.05, 0) is 36.2 Å². The zero-order valence-corrected chi connectivity index (χ0v) is 14.9. The number of ether oxygens (including phenoxy) is 1. The topological polar surface area (TPSA) is 71.5 Å². The molecule has 1 N–H and O–H groups in total. The standard InChI is InChI=1S/C20H23N3O3/c1-26-18-7-5-15(6-8-18)9-11-23(14-17-4-2-3-10-21-17)20(25)16-12-19(24)22-13-16/h2-8,10,16H,9,11-14H2,1H3,(H,22,24). The van der Waals surface area contributed by atoms with E-state index in [1.165, 1.54) is 0 Å². The van der Waals surface area contributed by atoms with Crippen LogP contribution >= 0.6 is 0 Å². The highest BCUT2D eigenvalue weighted by Crippen LogP contribution is 2.17. The zero-order chi connectivity index (χ0) is 18.4. The lowest BCUT2D eigenvalue weighted by Gasteiger charge is -2.25. The molecule has 1 atom stereocenters. The van der Waals surface area contributed by atoms with Crippen molar-refractivity contribution in [3.8, 4) is 5.75 Å². The number of hydrogen-bond acceptors (Lipinski definition) is 4. The first kappa shape index (κ1) is 17.9. The van der Waals surface area contributed by atoms with Gasteiger partial charge in [0.25, 0.3) is 0 Å². The van der Waals surface area contributed by atoms with E-state index in [0.29, 0.717) is 19.6 Å². The summed E-state index contributed by atoms with van der Waals surface area (Å²) in [6, 6.07) is 13.5. The van der Waals surface area contributed by atoms with Crippen LogP contribution in [0.15, 0.2) is 48.7 Å². The van der Waals surface area contributed by atoms with Crippen molar-refractivity contribution in [2.24, 2.45) is 5.92 Å². The maximum absolute atomic E-state index is 12.9. The zero-order valence-electron chi connectivity index (χ0n) is 14.9. The van der Waals surface area contributed by atoms with E-state index >= 15 is 0 Å². The Morgan fingerprint density at radius 3 is 2.69 bits per heavy atom. The van der Waals surface area contributed by atoms with Crippen LogP contribution in [-0.2, 0) is 22.6 Å². The quantitative estimate of drug-likeness (QED) is 0.824. The summed E-state index contributed by atoms with van der Waals surface area (Å²) in [5.41, 5.74) is 1.97. The van der Waals surface area contributed by atoms with Crippen molar-refractivity contribution in [1.82, 2.24) is 15.2 Å². The molecule has 1 unspecified atom stereocenters. The van der Waals surface area contributed by atoms with Gasteiger partial charge in [0.05, 0.1) is 25.3 Å². The predicted molar refractivity (Wildman–Crippen MR) is 97.5 cm³/mol. The number of benzene rings is 1. The summed E-state index contributed by atoms with van der Waals surface area (Å²) >= 11 is 0. The molecule has 0 saturated carbocycles. The third kappa shape index (κ3) is 4.59. The number of methoxy groups -OCH3 is 1. The number of nitrogens with one attached hydrogen (secondary N) is 1. The highest BCUT2D eigenvalue weighted by atomic mass is 16.5. The van der Waals surface area contributed by atoms with Crippen LogP contribution in [0.25, 0.3) is 0 Å². The van der Waals surface area contributed by atoms with Crippen molar-refractivity contribution < 1.29 is 14.3 Å². The van der Waals surface area contributed by atoms with Gasteiger partial charge in [-0.3, -0.25) is 14.6 Å². The summed E-state index contributed by atoms with van der Waals surface area (Å²) in [7, 11) is 1.64. The summed E-state index contributed by atoms with van der Waals surface area (Å²) in [4.78, 5) is 30.5. The monoisotopic (exact) mass is 353 g/mol. The van der Waals surface area contributed by atoms with Crippen LogP contribution < -0.4 is 10.1 Å². The second kappa shape index (κ2) is 8.47. The predicted octanol–water partition coefficient (Wildman–Crippen LogP) is 1.80. The van der Waals surface area contributed by atoms with Gasteiger partial charge in [-0.25, -0.2) is 0 Å². The first-order valence-electron chi connectivity index (χ1n) is 8.74. The molecule has 26 heavy (non-hydrogen) atoms. The average Bonchev–Trinajstić information content (AvgIpc) is 3.12. The smallest absolute Gasteiger partial charge is 0.228 e. The number of amides is 2. The van der Waals surface area contributed by atoms with E-state index in [2.05, 4.69) is 10.3 Å². The molecule has 0 spiro atoms. The molecule has 1 aliphatic rings. The van der Waals surface area contributed by atoms with Gasteiger partial charge in [0.15, 0.2) is 0 Å². The third-order valence-electron chi connectivity index (χ3n) is 4.55. The van der Waals surface area contributed by atoms with E-state index in [4.69, 9.17) is 4.74 Å². The first-order chi connectivity index (χ1) is 12.7. The Hall–Kier alpha value is -2.89. The van der Waals surface area contributed by atoms with Gasteiger partial charge in [0.1, 0.15) is 5.75 Å². The van der Waals surface area contributed by atoms with E-state index in [1.54, 1.807) is 18.2 Å². The fourth-order valence-corrected chi connectivity index (χ4v) is 3.05. The van der Waals surface area contributed by atoms with E-state index in [1.807, 2.05) is 42.5 Å². The maximum Gasteiger partial charge on any atom is 0.228 e. The molecule has 1 fully saturated rings. The number of hydrogen-bond donors (Lipinski definition) is 1. The van der Waals surface area contributed by atoms with Gasteiger partial charge in [0, 0.05) is 25.7 Å². The SMILES string of the molecule is COc1ccc(CCN(Cc2ccccn2)C(=O)C2CNC(=O)C2)cc1. The van der Waals surface area contributed by atoms with Crippen LogP contribution in [0.3, 0.4) is 0 Å². The molecule has 0 bridgehead atoms. The number of aromatic nitrogens is 1. The van der Waals surface area contributed by atoms with E-state index < -0.39 is 0 Å². The van der Waals surface area contributed by atoms with Crippen LogP contribution in [0.4, 0.5) is 0 Å². The number of pyridine rings is 1. The highest BCUT2D eigenvalue weighted by molar-refractivity contribution is 5.89. The maximum atomic E-state index is 12.9. The van der Waals surface area contributed by atoms with Crippen molar-refractivity contribution >= 4 is 11.8 Å². The van der Waals surface area contributed by atoms with Gasteiger partial charge >= 0.3 is 0 Å². The Morgan fingerprint density at radius 1 is 1.27 bits per heavy atom. The fraction of sp³-hybridized carbons (Fsp3) is 0.350. The molecule has 1 aliphatic heterocycles. The van der Waals surface area contributed by atoms with Crippen LogP contribution in [0, 0.1) is 5.92 Å². The first-order valence-corrected chi connectivity index (χ1v) is 8.74. The van der Waals surface area contributed by atoms with E-state index in [0.717, 1.165) is 23.4 Å². The van der Waals surface area contributed by atoms with Crippen LogP contribution in [0.2, 0.25) is 0 Å². The summed E-state index contributed by atoms with van der Waals surface area (Å²) in [5.74, 6) is 0.464. The lowest BCUT2D eigenvalue weighted by molar-refractivity contribution is -0.136. The van der Waals surface area contributed by atoms with Crippen LogP contribution in [0.5, 0.6) is 5.75 Å². The van der Waals surface area contributed by atoms with Gasteiger partial charge in [0.2, 0.25) is 11.8 Å². The molecule has 2 amide bonds. The number of carbonyl (C=O) groups excluding carboxylic acids is 2. The molecule has 1 aromatic carbocycles. The van der Waals surface area contributed by atoms with Crippen LogP contribution in [-0.4, -0.2) is 41.9 Å². The summed E-state index contributed by atoms with van der Waals surface area (Å²) < 4.78 is 5.18. The molecule has 3 rings (SSSR count). The minimum Gasteiger partial charge on any atom is -0.497 e. The molecule has 0 aliphatic carbocycles. The Bertz CT molecular complexity index is 747. The van der Waals surface area contributed by atoms with Crippen molar-refractivity contribution in [2.45, 2.75) is 19.4 Å². The van der Waals surface area contributed by atoms with Gasteiger partial charge in [-0.15, -0.1) is 0 Å². The van der Waals surface area contributed by atoms with Gasteiger partial charge < -0.3 is 15.0 Å². The molecule has 136 valence electrons. The molecule has 6 heteroatoms. The van der Waals surface area contributed by atoms with Crippen molar-refractivity contribution in [3.63, 3.8) is 0 Å². The highest BCUT2D eigenvalue weighted by Gasteiger charge is 2.31. The fourth-order valence-electron chi connectivity index (χ4n) is 3.05. The lowest BCUT2D eigenvalue weighted by Crippen LogP contribution is -2.38. The van der Waals surface area contributed by atoms with Crippen molar-refractivity contribution in [3.05, 3.63) is 59.9 Å². The number of nitrogens with zero attached hydrogens (tertiary/aromatic N) is 2. The molecule has 2 aromatic rings. The van der Waals surface area contributed by atoms with Crippen molar-refractivity contribution in [2.75, 3.05) is 20.2 Å². The second-order valence-corrected chi connectivity index (χ2v) is 6.38. The minimum atomic E-state index is -0.290. The minimum absolute atomic E-state index is 0.00233. The Labute approximate surface area is 153 Å². The normalized spacial score (nSPS) is 16.2. The Morgan fingerprint density at radius 2 is 2.08 bits per heavy atom. The largest absolute Gasteiger partial charge is 0.497 e. The second-order valence-electron chi connectivity index (χ2n) is 6.38. The number of rotatable bonds is 7. The third-order valence-corrected chi connectivity index (χ3v) is 4.55. The molecule has 0 radical (unpaired) electrons. The van der Waals surface area contributed by atoms with E-state index in [-0.39, 0.29) is 24.2 Å². The summed E-state index contributed by atoms with van der Waals surface area (Å²) in [5, 5.41) is 2.74. The molecule has 6 nitrogen and oxygen atoms in total. The lowest BCUT2D eigenvalue weighted by atomic mass is 10.1. The molecular formula is C20H23N3O3. The van der Waals surface area contributed by atoms with Crippen molar-refractivity contribution in [1.29, 1.82) is 0 Å². The average molecular weight is 353 g/mol. The van der Waals surface area contributed by atoms with Crippen LogP contribution in [0.1, 0.15) is 17.7 Å². The summed E-state index contributed by atoms with van der Waals surface area (Å²) in [6.07, 6.45) is 2.72. The molecule has 1 aromatic heterocycles.